The molecule has 64 valence electrons. The van der Waals surface area contributed by atoms with Gasteiger partial charge in [-0.3, -0.25) is 0 Å². The zero-order valence-electron chi connectivity index (χ0n) is 6.30. The van der Waals surface area contributed by atoms with Crippen LogP contribution in [0.1, 0.15) is 0 Å². The van der Waals surface area contributed by atoms with Crippen LogP contribution >= 0.6 is 27.5 Å². The fourth-order valence-corrected chi connectivity index (χ4v) is 1.16. The normalized spacial score (nSPS) is 11.7. The molecule has 1 aromatic carbocycles. The molecule has 0 aliphatic heterocycles. The van der Waals surface area contributed by atoms with Crippen LogP contribution in [0.3, 0.4) is 0 Å². The Labute approximate surface area is 84.6 Å². The summed E-state index contributed by atoms with van der Waals surface area (Å²) in [5, 5.41) is 0. The highest BCUT2D eigenvalue weighted by molar-refractivity contribution is 9.10. The Balaban J connectivity index is 2.96. The summed E-state index contributed by atoms with van der Waals surface area (Å²) in [7, 11) is 0. The van der Waals surface area contributed by atoms with E-state index in [1.807, 2.05) is 24.3 Å². The molecule has 0 radical (unpaired) electrons. The third-order valence-electron chi connectivity index (χ3n) is 1.25. The molecular formula is C8H8BrClN2. The fourth-order valence-electron chi connectivity index (χ4n) is 0.727. The van der Waals surface area contributed by atoms with Crippen LogP contribution in [-0.2, 0) is 0 Å². The first-order valence-corrected chi connectivity index (χ1v) is 4.70. The van der Waals surface area contributed by atoms with Crippen LogP contribution in [0.2, 0.25) is 0 Å². The third-order valence-corrected chi connectivity index (χ3v) is 2.20. The molecule has 0 aromatic heterocycles. The number of rotatable bonds is 2. The minimum atomic E-state index is 0.251. The van der Waals surface area contributed by atoms with Crippen molar-refractivity contribution in [2.45, 2.75) is 0 Å². The molecule has 0 heterocycles. The van der Waals surface area contributed by atoms with Gasteiger partial charge in [0, 0.05) is 4.47 Å². The number of benzene rings is 1. The molecule has 1 rings (SSSR count). The van der Waals surface area contributed by atoms with Gasteiger partial charge in [0.1, 0.15) is 5.84 Å². The number of amidine groups is 1. The van der Waals surface area contributed by atoms with Crippen LogP contribution in [0.4, 0.5) is 5.69 Å². The van der Waals surface area contributed by atoms with Crippen molar-refractivity contribution in [2.75, 3.05) is 5.88 Å². The van der Waals surface area contributed by atoms with Gasteiger partial charge < -0.3 is 5.73 Å². The number of aliphatic imine (C=N–C) groups is 1. The van der Waals surface area contributed by atoms with Crippen molar-refractivity contribution in [3.05, 3.63) is 28.7 Å². The number of alkyl halides is 1. The van der Waals surface area contributed by atoms with Crippen molar-refractivity contribution in [3.63, 3.8) is 0 Å². The lowest BCUT2D eigenvalue weighted by Gasteiger charge is -1.98. The number of hydrogen-bond donors (Lipinski definition) is 1. The molecule has 0 aliphatic rings. The van der Waals surface area contributed by atoms with Crippen molar-refractivity contribution in [3.8, 4) is 0 Å². The standard InChI is InChI=1S/C8H8BrClN2/c9-6-3-1-2-4-7(6)12-8(11)5-10/h1-4H,5H2,(H2,11,12). The third kappa shape index (κ3) is 2.50. The van der Waals surface area contributed by atoms with Crippen molar-refractivity contribution < 1.29 is 0 Å². The largest absolute Gasteiger partial charge is 0.386 e. The van der Waals surface area contributed by atoms with E-state index < -0.39 is 0 Å². The second kappa shape index (κ2) is 4.48. The average molecular weight is 248 g/mol. The van der Waals surface area contributed by atoms with Crippen molar-refractivity contribution in [2.24, 2.45) is 10.7 Å². The van der Waals surface area contributed by atoms with E-state index in [9.17, 15) is 0 Å². The van der Waals surface area contributed by atoms with Gasteiger partial charge in [0.15, 0.2) is 0 Å². The number of nitrogens with zero attached hydrogens (tertiary/aromatic N) is 1. The molecule has 0 atom stereocenters. The smallest absolute Gasteiger partial charge is 0.115 e. The van der Waals surface area contributed by atoms with Gasteiger partial charge in [-0.1, -0.05) is 12.1 Å². The summed E-state index contributed by atoms with van der Waals surface area (Å²) in [6.07, 6.45) is 0. The highest BCUT2D eigenvalue weighted by atomic mass is 79.9. The maximum atomic E-state index is 5.48. The van der Waals surface area contributed by atoms with Crippen molar-refractivity contribution >= 4 is 39.1 Å². The molecule has 0 fully saturated rings. The van der Waals surface area contributed by atoms with E-state index in [1.165, 1.54) is 0 Å². The molecule has 2 N–H and O–H groups in total. The summed E-state index contributed by atoms with van der Waals surface area (Å²) >= 11 is 8.83. The summed E-state index contributed by atoms with van der Waals surface area (Å²) < 4.78 is 0.915. The number of halogens is 2. The SMILES string of the molecule is NC(CCl)=Nc1ccccc1Br. The molecule has 1 aromatic rings. The predicted molar refractivity (Wildman–Crippen MR) is 56.1 cm³/mol. The van der Waals surface area contributed by atoms with Gasteiger partial charge in [0.2, 0.25) is 0 Å². The van der Waals surface area contributed by atoms with E-state index in [2.05, 4.69) is 20.9 Å². The Bertz CT molecular complexity index is 299. The lowest BCUT2D eigenvalue weighted by Crippen LogP contribution is -2.12. The molecular weight excluding hydrogens is 239 g/mol. The van der Waals surface area contributed by atoms with E-state index in [1.54, 1.807) is 0 Å². The van der Waals surface area contributed by atoms with E-state index in [-0.39, 0.29) is 5.88 Å². The minimum absolute atomic E-state index is 0.251. The monoisotopic (exact) mass is 246 g/mol. The van der Waals surface area contributed by atoms with E-state index in [0.717, 1.165) is 10.2 Å². The van der Waals surface area contributed by atoms with Gasteiger partial charge in [-0.15, -0.1) is 11.6 Å². The average Bonchev–Trinajstić information content (AvgIpc) is 2.09. The van der Waals surface area contributed by atoms with Gasteiger partial charge >= 0.3 is 0 Å². The van der Waals surface area contributed by atoms with E-state index in [4.69, 9.17) is 17.3 Å². The first-order valence-electron chi connectivity index (χ1n) is 3.37. The summed E-state index contributed by atoms with van der Waals surface area (Å²) in [6.45, 7) is 0. The topological polar surface area (TPSA) is 38.4 Å². The second-order valence-corrected chi connectivity index (χ2v) is 3.31. The van der Waals surface area contributed by atoms with Crippen LogP contribution in [-0.4, -0.2) is 11.7 Å². The lowest BCUT2D eigenvalue weighted by molar-refractivity contribution is 1.43. The number of hydrogen-bond acceptors (Lipinski definition) is 1. The van der Waals surface area contributed by atoms with Crippen LogP contribution in [0, 0.1) is 0 Å². The minimum Gasteiger partial charge on any atom is -0.386 e. The fraction of sp³-hybridized carbons (Fsp3) is 0.125. The molecule has 0 bridgehead atoms. The Morgan fingerprint density at radius 3 is 2.75 bits per heavy atom. The number of nitrogens with two attached hydrogens (primary N) is 1. The summed E-state index contributed by atoms with van der Waals surface area (Å²) in [6, 6.07) is 7.58. The Morgan fingerprint density at radius 1 is 1.50 bits per heavy atom. The predicted octanol–water partition coefficient (Wildman–Crippen LogP) is 2.68. The first kappa shape index (κ1) is 9.55. The lowest BCUT2D eigenvalue weighted by atomic mass is 10.3. The molecule has 0 amide bonds. The summed E-state index contributed by atoms with van der Waals surface area (Å²) in [5.41, 5.74) is 6.27. The van der Waals surface area contributed by atoms with Crippen LogP contribution in [0.15, 0.2) is 33.7 Å². The van der Waals surface area contributed by atoms with E-state index >= 15 is 0 Å². The molecule has 4 heteroatoms. The summed E-state index contributed by atoms with van der Waals surface area (Å²) in [5.74, 6) is 0.671. The van der Waals surface area contributed by atoms with Gasteiger partial charge in [-0.2, -0.15) is 0 Å². The summed E-state index contributed by atoms with van der Waals surface area (Å²) in [4.78, 5) is 4.09. The molecule has 12 heavy (non-hydrogen) atoms. The maximum Gasteiger partial charge on any atom is 0.115 e. The molecule has 2 nitrogen and oxygen atoms in total. The second-order valence-electron chi connectivity index (χ2n) is 2.19. The molecule has 0 spiro atoms. The van der Waals surface area contributed by atoms with Gasteiger partial charge in [-0.25, -0.2) is 4.99 Å². The zero-order valence-corrected chi connectivity index (χ0v) is 8.64. The van der Waals surface area contributed by atoms with Crippen LogP contribution < -0.4 is 5.73 Å². The van der Waals surface area contributed by atoms with Gasteiger partial charge in [-0.05, 0) is 28.1 Å². The quantitative estimate of drug-likeness (QED) is 0.487. The van der Waals surface area contributed by atoms with Gasteiger partial charge in [0.25, 0.3) is 0 Å². The molecule has 0 aliphatic carbocycles. The molecule has 0 saturated heterocycles. The highest BCUT2D eigenvalue weighted by Crippen LogP contribution is 2.23. The zero-order chi connectivity index (χ0) is 8.97. The van der Waals surface area contributed by atoms with E-state index in [0.29, 0.717) is 5.84 Å². The van der Waals surface area contributed by atoms with Gasteiger partial charge in [0.05, 0.1) is 11.6 Å². The van der Waals surface area contributed by atoms with Crippen molar-refractivity contribution in [1.29, 1.82) is 0 Å². The highest BCUT2D eigenvalue weighted by Gasteiger charge is 1.95. The first-order chi connectivity index (χ1) is 5.74. The maximum absolute atomic E-state index is 5.48. The Morgan fingerprint density at radius 2 is 2.17 bits per heavy atom. The Kier molecular flexibility index (Phi) is 3.56. The van der Waals surface area contributed by atoms with Crippen LogP contribution in [0.5, 0.6) is 0 Å². The van der Waals surface area contributed by atoms with Crippen molar-refractivity contribution in [1.82, 2.24) is 0 Å². The Hall–Kier alpha value is -0.540. The molecule has 0 saturated carbocycles. The number of para-hydroxylation sites is 1. The van der Waals surface area contributed by atoms with Crippen LogP contribution in [0.25, 0.3) is 0 Å². The molecule has 0 unspecified atom stereocenters.